The zero-order chi connectivity index (χ0) is 11.8. The van der Waals surface area contributed by atoms with Crippen LogP contribution in [-0.4, -0.2) is 29.8 Å². The molecule has 0 saturated carbocycles. The van der Waals surface area contributed by atoms with Gasteiger partial charge in [0.2, 0.25) is 6.79 Å². The summed E-state index contributed by atoms with van der Waals surface area (Å²) in [5, 5.41) is 8.24. The second-order valence-electron chi connectivity index (χ2n) is 2.74. The van der Waals surface area contributed by atoms with Gasteiger partial charge in [0.05, 0.1) is 12.8 Å². The first kappa shape index (κ1) is 13.2. The van der Waals surface area contributed by atoms with Crippen LogP contribution in [0.1, 0.15) is 19.8 Å². The predicted molar refractivity (Wildman–Crippen MR) is 48.7 cm³/mol. The van der Waals surface area contributed by atoms with E-state index in [4.69, 9.17) is 5.11 Å². The highest BCUT2D eigenvalue weighted by atomic mass is 16.7. The summed E-state index contributed by atoms with van der Waals surface area (Å²) in [4.78, 5) is 31.7. The summed E-state index contributed by atoms with van der Waals surface area (Å²) in [6.07, 6.45) is -0.562. The topological polar surface area (TPSA) is 89.9 Å². The van der Waals surface area contributed by atoms with Crippen molar-refractivity contribution >= 4 is 17.9 Å². The molecular formula is C9H12O6. The molecule has 0 aliphatic rings. The van der Waals surface area contributed by atoms with E-state index in [9.17, 15) is 14.4 Å². The number of carbonyl (C=O) groups excluding carboxylic acids is 2. The van der Waals surface area contributed by atoms with Crippen LogP contribution in [0.3, 0.4) is 0 Å². The van der Waals surface area contributed by atoms with Crippen LogP contribution in [0.5, 0.6) is 0 Å². The van der Waals surface area contributed by atoms with Crippen molar-refractivity contribution in [1.82, 2.24) is 0 Å². The van der Waals surface area contributed by atoms with Crippen LogP contribution in [-0.2, 0) is 23.9 Å². The van der Waals surface area contributed by atoms with Crippen molar-refractivity contribution in [2.45, 2.75) is 19.8 Å². The molecule has 1 N–H and O–H groups in total. The molecule has 6 heteroatoms. The van der Waals surface area contributed by atoms with E-state index in [0.717, 1.165) is 0 Å². The van der Waals surface area contributed by atoms with Crippen LogP contribution in [0.25, 0.3) is 0 Å². The molecule has 0 fully saturated rings. The molecule has 0 amide bonds. The Morgan fingerprint density at radius 3 is 2.27 bits per heavy atom. The minimum atomic E-state index is -1.09. The Hall–Kier alpha value is -1.85. The molecule has 0 aromatic heterocycles. The van der Waals surface area contributed by atoms with E-state index >= 15 is 0 Å². The molecule has 0 aromatic rings. The Morgan fingerprint density at radius 2 is 1.80 bits per heavy atom. The smallest absolute Gasteiger partial charge is 0.335 e. The molecule has 0 rings (SSSR count). The molecule has 15 heavy (non-hydrogen) atoms. The highest BCUT2D eigenvalue weighted by Crippen LogP contribution is 1.95. The molecule has 0 atom stereocenters. The van der Waals surface area contributed by atoms with Crippen molar-refractivity contribution in [1.29, 1.82) is 0 Å². The average molecular weight is 216 g/mol. The van der Waals surface area contributed by atoms with E-state index in [2.05, 4.69) is 16.1 Å². The van der Waals surface area contributed by atoms with Gasteiger partial charge in [-0.3, -0.25) is 9.59 Å². The highest BCUT2D eigenvalue weighted by molar-refractivity contribution is 5.87. The predicted octanol–water partition coefficient (Wildman–Crippen LogP) is 0.471. The molecule has 0 aliphatic carbocycles. The average Bonchev–Trinajstić information content (AvgIpc) is 2.14. The number of hydrogen-bond acceptors (Lipinski definition) is 5. The molecule has 0 unspecified atom stereocenters. The van der Waals surface area contributed by atoms with Gasteiger partial charge in [0.1, 0.15) is 0 Å². The van der Waals surface area contributed by atoms with Gasteiger partial charge in [-0.25, -0.2) is 4.79 Å². The van der Waals surface area contributed by atoms with Crippen LogP contribution in [0.2, 0.25) is 0 Å². The molecule has 84 valence electrons. The minimum absolute atomic E-state index is 0.191. The van der Waals surface area contributed by atoms with Gasteiger partial charge in [-0.05, 0) is 6.92 Å². The Labute approximate surface area is 86.5 Å². The van der Waals surface area contributed by atoms with Gasteiger partial charge in [0.25, 0.3) is 0 Å². The van der Waals surface area contributed by atoms with Crippen molar-refractivity contribution in [3.8, 4) is 0 Å². The van der Waals surface area contributed by atoms with E-state index in [0.29, 0.717) is 0 Å². The van der Waals surface area contributed by atoms with Gasteiger partial charge >= 0.3 is 17.9 Å². The van der Waals surface area contributed by atoms with Crippen LogP contribution < -0.4 is 0 Å². The second kappa shape index (κ2) is 6.58. The number of ether oxygens (including phenoxy) is 2. The fraction of sp³-hybridized carbons (Fsp3) is 0.444. The van der Waals surface area contributed by atoms with Crippen molar-refractivity contribution in [3.63, 3.8) is 0 Å². The number of hydrogen-bond donors (Lipinski definition) is 1. The van der Waals surface area contributed by atoms with Crippen LogP contribution >= 0.6 is 0 Å². The van der Waals surface area contributed by atoms with Gasteiger partial charge in [0, 0.05) is 5.57 Å². The zero-order valence-electron chi connectivity index (χ0n) is 8.32. The first-order chi connectivity index (χ1) is 6.93. The number of rotatable bonds is 6. The van der Waals surface area contributed by atoms with Gasteiger partial charge < -0.3 is 14.6 Å². The summed E-state index contributed by atoms with van der Waals surface area (Å²) >= 11 is 0. The normalized spacial score (nSPS) is 9.13. The van der Waals surface area contributed by atoms with Crippen molar-refractivity contribution in [3.05, 3.63) is 12.2 Å². The van der Waals surface area contributed by atoms with Crippen molar-refractivity contribution in [2.75, 3.05) is 6.79 Å². The monoisotopic (exact) mass is 216 g/mol. The van der Waals surface area contributed by atoms with E-state index in [1.807, 2.05) is 0 Å². The maximum atomic E-state index is 10.8. The third kappa shape index (κ3) is 7.24. The lowest BCUT2D eigenvalue weighted by Gasteiger charge is -2.04. The summed E-state index contributed by atoms with van der Waals surface area (Å²) in [6.45, 7) is 4.25. The Bertz CT molecular complexity index is 280. The Morgan fingerprint density at radius 1 is 1.20 bits per heavy atom. The third-order valence-electron chi connectivity index (χ3n) is 1.30. The van der Waals surface area contributed by atoms with Crippen molar-refractivity contribution in [2.24, 2.45) is 0 Å². The van der Waals surface area contributed by atoms with Gasteiger partial charge in [-0.2, -0.15) is 0 Å². The summed E-state index contributed by atoms with van der Waals surface area (Å²) in [5.41, 5.74) is 0.191. The number of esters is 2. The highest BCUT2D eigenvalue weighted by Gasteiger charge is 2.08. The third-order valence-corrected chi connectivity index (χ3v) is 1.30. The summed E-state index contributed by atoms with van der Waals surface area (Å²) < 4.78 is 8.88. The summed E-state index contributed by atoms with van der Waals surface area (Å²) in [5.74, 6) is -2.49. The molecule has 0 aliphatic heterocycles. The minimum Gasteiger partial charge on any atom is -0.481 e. The van der Waals surface area contributed by atoms with Crippen LogP contribution in [0.4, 0.5) is 0 Å². The van der Waals surface area contributed by atoms with Gasteiger partial charge in [0.15, 0.2) is 0 Å². The lowest BCUT2D eigenvalue weighted by molar-refractivity contribution is -0.165. The molecule has 0 heterocycles. The maximum absolute atomic E-state index is 10.8. The quantitative estimate of drug-likeness (QED) is 0.394. The maximum Gasteiger partial charge on any atom is 0.335 e. The van der Waals surface area contributed by atoms with Crippen molar-refractivity contribution < 1.29 is 29.0 Å². The number of carboxylic acid groups (broad SMARTS) is 1. The fourth-order valence-electron chi connectivity index (χ4n) is 0.553. The van der Waals surface area contributed by atoms with E-state index in [1.54, 1.807) is 0 Å². The van der Waals surface area contributed by atoms with E-state index in [-0.39, 0.29) is 18.4 Å². The molecule has 6 nitrogen and oxygen atoms in total. The Balaban J connectivity index is 3.59. The first-order valence-electron chi connectivity index (χ1n) is 4.13. The molecule has 0 spiro atoms. The molecule has 0 aromatic carbocycles. The van der Waals surface area contributed by atoms with Crippen LogP contribution in [0, 0.1) is 0 Å². The first-order valence-corrected chi connectivity index (χ1v) is 4.13. The second-order valence-corrected chi connectivity index (χ2v) is 2.74. The number of aliphatic carboxylic acids is 1. The van der Waals surface area contributed by atoms with E-state index < -0.39 is 24.7 Å². The molecule has 0 saturated heterocycles. The van der Waals surface area contributed by atoms with E-state index in [1.165, 1.54) is 6.92 Å². The van der Waals surface area contributed by atoms with Gasteiger partial charge in [-0.1, -0.05) is 6.58 Å². The number of carboxylic acids is 1. The molecule has 0 bridgehead atoms. The van der Waals surface area contributed by atoms with Crippen LogP contribution in [0.15, 0.2) is 12.2 Å². The molecule has 0 radical (unpaired) electrons. The lowest BCUT2D eigenvalue weighted by Crippen LogP contribution is -2.13. The largest absolute Gasteiger partial charge is 0.481 e. The summed E-state index contributed by atoms with van der Waals surface area (Å²) in [7, 11) is 0. The summed E-state index contributed by atoms with van der Waals surface area (Å²) in [6, 6.07) is 0. The lowest BCUT2D eigenvalue weighted by atomic mass is 10.3. The molecular weight excluding hydrogens is 204 g/mol. The zero-order valence-corrected chi connectivity index (χ0v) is 8.32. The Kier molecular flexibility index (Phi) is 5.77. The van der Waals surface area contributed by atoms with Gasteiger partial charge in [-0.15, -0.1) is 0 Å². The number of carbonyl (C=O) groups is 3. The SMILES string of the molecule is C=C(C)C(=O)OCOC(=O)CCC(=O)O. The fourth-order valence-corrected chi connectivity index (χ4v) is 0.553. The standard InChI is InChI=1S/C9H12O6/c1-6(2)9(13)15-5-14-8(12)4-3-7(10)11/h1,3-5H2,2H3,(H,10,11).